The van der Waals surface area contributed by atoms with Crippen molar-refractivity contribution in [1.82, 2.24) is 5.32 Å². The van der Waals surface area contributed by atoms with Gasteiger partial charge in [0.2, 0.25) is 11.9 Å². The van der Waals surface area contributed by atoms with E-state index in [1.165, 1.54) is 11.8 Å². The number of hydrogen-bond donors (Lipinski definition) is 3. The smallest absolute Gasteiger partial charge is 0.239 e. The largest absolute Gasteiger partial charge is 0.489 e. The van der Waals surface area contributed by atoms with Crippen molar-refractivity contribution in [3.05, 3.63) is 58.1 Å². The fourth-order valence-corrected chi connectivity index (χ4v) is 3.33. The summed E-state index contributed by atoms with van der Waals surface area (Å²) in [5.74, 6) is 5.26. The second-order valence-corrected chi connectivity index (χ2v) is 7.45. The molecule has 26 heavy (non-hydrogen) atoms. The highest BCUT2D eigenvalue weighted by Crippen LogP contribution is 2.28. The Balaban J connectivity index is 1.93. The third-order valence-electron chi connectivity index (χ3n) is 3.34. The van der Waals surface area contributed by atoms with Gasteiger partial charge < -0.3 is 16.3 Å². The first-order valence-electron chi connectivity index (χ1n) is 7.57. The number of amides is 1. The number of benzene rings is 2. The molecule has 0 saturated heterocycles. The van der Waals surface area contributed by atoms with Crippen molar-refractivity contribution in [2.24, 2.45) is 16.7 Å². The van der Waals surface area contributed by atoms with Crippen LogP contribution < -0.4 is 21.6 Å². The Hall–Kier alpha value is -2.09. The summed E-state index contributed by atoms with van der Waals surface area (Å²) in [6, 6.07) is 12.7. The van der Waals surface area contributed by atoms with Crippen LogP contribution in [0.1, 0.15) is 12.5 Å². The lowest BCUT2D eigenvalue weighted by Crippen LogP contribution is -2.41. The van der Waals surface area contributed by atoms with E-state index in [-0.39, 0.29) is 23.7 Å². The van der Waals surface area contributed by atoms with E-state index in [1.807, 2.05) is 24.3 Å². The molecule has 0 radical (unpaired) electrons. The highest BCUT2D eigenvalue weighted by molar-refractivity contribution is 8.00. The number of nitrogens with two attached hydrogens (primary N) is 2. The topological polar surface area (TPSA) is 103 Å². The van der Waals surface area contributed by atoms with Crippen LogP contribution in [-0.4, -0.2) is 17.1 Å². The number of hydrogen-bond acceptors (Lipinski definition) is 5. The quantitative estimate of drug-likeness (QED) is 0.222. The minimum atomic E-state index is -0.371. The average molecular weight is 413 g/mol. The zero-order valence-electron chi connectivity index (χ0n) is 13.9. The van der Waals surface area contributed by atoms with E-state index >= 15 is 0 Å². The molecule has 0 spiro atoms. The van der Waals surface area contributed by atoms with Crippen LogP contribution >= 0.6 is 35.0 Å². The monoisotopic (exact) mass is 412 g/mol. The second kappa shape index (κ2) is 9.56. The predicted molar refractivity (Wildman–Crippen MR) is 107 cm³/mol. The van der Waals surface area contributed by atoms with Crippen LogP contribution in [0, 0.1) is 0 Å². The van der Waals surface area contributed by atoms with Crippen molar-refractivity contribution in [2.75, 3.05) is 0 Å². The van der Waals surface area contributed by atoms with Crippen molar-refractivity contribution in [3.63, 3.8) is 0 Å². The molecule has 9 heteroatoms. The summed E-state index contributed by atoms with van der Waals surface area (Å²) in [5.41, 5.74) is 6.11. The zero-order valence-corrected chi connectivity index (χ0v) is 16.2. The molecule has 0 aliphatic carbocycles. The maximum Gasteiger partial charge on any atom is 0.239 e. The summed E-state index contributed by atoms with van der Waals surface area (Å²) in [6.45, 7) is 2.02. The third-order valence-corrected chi connectivity index (χ3v) is 5.16. The number of nitrogens with zero attached hydrogens (tertiary/aromatic N) is 1. The Morgan fingerprint density at radius 3 is 2.42 bits per heavy atom. The molecule has 2 aromatic rings. The van der Waals surface area contributed by atoms with E-state index in [2.05, 4.69) is 10.4 Å². The van der Waals surface area contributed by atoms with E-state index in [4.69, 9.17) is 39.5 Å². The lowest BCUT2D eigenvalue weighted by molar-refractivity contribution is -0.118. The van der Waals surface area contributed by atoms with Crippen LogP contribution in [-0.2, 0) is 11.4 Å². The van der Waals surface area contributed by atoms with Gasteiger partial charge in [0.05, 0.1) is 5.25 Å². The summed E-state index contributed by atoms with van der Waals surface area (Å²) >= 11 is 13.6. The van der Waals surface area contributed by atoms with Gasteiger partial charge in [-0.05, 0) is 43.3 Å². The van der Waals surface area contributed by atoms with Gasteiger partial charge in [-0.15, -0.1) is 16.9 Å². The molecule has 0 aliphatic heterocycles. The summed E-state index contributed by atoms with van der Waals surface area (Å²) in [7, 11) is 0. The van der Waals surface area contributed by atoms with Gasteiger partial charge in [-0.3, -0.25) is 10.1 Å². The highest BCUT2D eigenvalue weighted by Gasteiger charge is 2.15. The average Bonchev–Trinajstić information content (AvgIpc) is 2.62. The molecule has 138 valence electrons. The van der Waals surface area contributed by atoms with Crippen molar-refractivity contribution in [3.8, 4) is 5.75 Å². The number of carbonyl (C=O) groups is 1. The van der Waals surface area contributed by atoms with E-state index in [9.17, 15) is 4.79 Å². The first-order valence-corrected chi connectivity index (χ1v) is 9.21. The fraction of sp³-hybridized carbons (Fsp3) is 0.176. The Labute approximate surface area is 165 Å². The Bertz CT molecular complexity index is 780. The van der Waals surface area contributed by atoms with Gasteiger partial charge in [0.15, 0.2) is 0 Å². The molecule has 0 aliphatic rings. The van der Waals surface area contributed by atoms with Gasteiger partial charge >= 0.3 is 0 Å². The van der Waals surface area contributed by atoms with Crippen LogP contribution in [0.2, 0.25) is 10.0 Å². The van der Waals surface area contributed by atoms with Crippen molar-refractivity contribution in [2.45, 2.75) is 23.7 Å². The van der Waals surface area contributed by atoms with Crippen molar-refractivity contribution in [1.29, 1.82) is 0 Å². The predicted octanol–water partition coefficient (Wildman–Crippen LogP) is 3.36. The third kappa shape index (κ3) is 5.72. The highest BCUT2D eigenvalue weighted by atomic mass is 35.5. The number of carbonyl (C=O) groups excluding carboxylic acids is 1. The number of thioether (sulfide) groups is 1. The maximum atomic E-state index is 11.9. The molecule has 1 unspecified atom stereocenters. The van der Waals surface area contributed by atoms with Crippen LogP contribution in [0.25, 0.3) is 0 Å². The number of hydrazone groups is 1. The van der Waals surface area contributed by atoms with Crippen LogP contribution in [0.4, 0.5) is 0 Å². The normalized spacial score (nSPS) is 12.5. The van der Waals surface area contributed by atoms with Crippen molar-refractivity contribution >= 4 is 46.8 Å². The number of guanidine groups is 1. The number of nitrogens with one attached hydrogen (secondary N) is 1. The first kappa shape index (κ1) is 20.2. The van der Waals surface area contributed by atoms with E-state index in [0.717, 1.165) is 10.5 Å². The summed E-state index contributed by atoms with van der Waals surface area (Å²) in [6.07, 6.45) is 0. The molecule has 0 bridgehead atoms. The summed E-state index contributed by atoms with van der Waals surface area (Å²) < 4.78 is 5.72. The molecule has 1 atom stereocenters. The molecule has 2 rings (SSSR count). The van der Waals surface area contributed by atoms with Crippen LogP contribution in [0.5, 0.6) is 5.75 Å². The number of halogens is 2. The van der Waals surface area contributed by atoms with E-state index < -0.39 is 0 Å². The number of ether oxygens (including phenoxy) is 1. The van der Waals surface area contributed by atoms with Gasteiger partial charge in [0, 0.05) is 20.5 Å². The fourth-order valence-electron chi connectivity index (χ4n) is 1.96. The summed E-state index contributed by atoms with van der Waals surface area (Å²) in [4.78, 5) is 12.8. The minimum Gasteiger partial charge on any atom is -0.489 e. The van der Waals surface area contributed by atoms with Crippen molar-refractivity contribution < 1.29 is 9.53 Å². The molecule has 0 fully saturated rings. The lowest BCUT2D eigenvalue weighted by atomic mass is 10.2. The van der Waals surface area contributed by atoms with E-state index in [0.29, 0.717) is 15.8 Å². The molecule has 0 aromatic heterocycles. The molecule has 2 aromatic carbocycles. The SMILES string of the molecule is CC(Sc1ccc(OCc2c(Cl)cccc2Cl)cc1)C(=O)N/C(N)=N/N. The Morgan fingerprint density at radius 1 is 1.23 bits per heavy atom. The van der Waals surface area contributed by atoms with Gasteiger partial charge in [-0.25, -0.2) is 0 Å². The second-order valence-electron chi connectivity index (χ2n) is 5.22. The molecular weight excluding hydrogens is 395 g/mol. The first-order chi connectivity index (χ1) is 12.4. The Morgan fingerprint density at radius 2 is 1.85 bits per heavy atom. The van der Waals surface area contributed by atoms with Gasteiger partial charge in [0.1, 0.15) is 12.4 Å². The molecule has 0 saturated carbocycles. The molecule has 5 N–H and O–H groups in total. The lowest BCUT2D eigenvalue weighted by Gasteiger charge is -2.12. The standard InChI is InChI=1S/C17H18Cl2N4O2S/c1-10(16(24)22-17(20)23-21)26-12-7-5-11(6-8-12)25-9-13-14(18)3-2-4-15(13)19/h2-8,10H,9,21H2,1H3,(H3,20,22,23,24). The van der Waals surface area contributed by atoms with Crippen LogP contribution in [0.15, 0.2) is 52.5 Å². The van der Waals surface area contributed by atoms with Gasteiger partial charge in [-0.2, -0.15) is 0 Å². The molecular formula is C17H18Cl2N4O2S. The molecule has 1 amide bonds. The minimum absolute atomic E-state index is 0.121. The van der Waals surface area contributed by atoms with Crippen LogP contribution in [0.3, 0.4) is 0 Å². The Kier molecular flexibility index (Phi) is 7.44. The maximum absolute atomic E-state index is 11.9. The molecule has 6 nitrogen and oxygen atoms in total. The molecule has 0 heterocycles. The number of rotatable bonds is 6. The summed E-state index contributed by atoms with van der Waals surface area (Å²) in [5, 5.41) is 6.36. The van der Waals surface area contributed by atoms with E-state index in [1.54, 1.807) is 25.1 Å². The zero-order chi connectivity index (χ0) is 19.1. The van der Waals surface area contributed by atoms with Gasteiger partial charge in [-0.1, -0.05) is 29.3 Å². The van der Waals surface area contributed by atoms with Gasteiger partial charge in [0.25, 0.3) is 0 Å².